The molecule has 190 valence electrons. The summed E-state index contributed by atoms with van der Waals surface area (Å²) < 4.78 is 5.15. The van der Waals surface area contributed by atoms with Gasteiger partial charge >= 0.3 is 6.03 Å². The van der Waals surface area contributed by atoms with Crippen LogP contribution in [0.1, 0.15) is 44.0 Å². The molecule has 0 atom stereocenters. The van der Waals surface area contributed by atoms with Crippen molar-refractivity contribution < 1.29 is 14.3 Å². The molecule has 0 aromatic heterocycles. The van der Waals surface area contributed by atoms with Gasteiger partial charge in [-0.1, -0.05) is 20.8 Å². The first-order chi connectivity index (χ1) is 16.9. The predicted molar refractivity (Wildman–Crippen MR) is 143 cm³/mol. The molecule has 35 heavy (non-hydrogen) atoms. The maximum absolute atomic E-state index is 13.2. The molecule has 3 N–H and O–H groups in total. The normalized spacial score (nSPS) is 14.0. The number of rotatable bonds is 10. The number of likely N-dealkylation sites (N-methyl/N-ethyl adjacent to an activating group) is 1. The van der Waals surface area contributed by atoms with Crippen LogP contribution in [0.15, 0.2) is 42.5 Å². The number of nitrogens with zero attached hydrogens (tertiary/aromatic N) is 2. The van der Waals surface area contributed by atoms with Gasteiger partial charge in [-0.05, 0) is 74.3 Å². The van der Waals surface area contributed by atoms with E-state index < -0.39 is 0 Å². The van der Waals surface area contributed by atoms with Crippen molar-refractivity contribution in [1.82, 2.24) is 10.2 Å². The number of hydrogen-bond donors (Lipinski definition) is 3. The Bertz CT molecular complexity index is 967. The zero-order chi connectivity index (χ0) is 25.2. The lowest BCUT2D eigenvalue weighted by molar-refractivity contribution is 0.0949. The summed E-state index contributed by atoms with van der Waals surface area (Å²) in [7, 11) is 1.60. The Balaban J connectivity index is 1.73. The van der Waals surface area contributed by atoms with Crippen LogP contribution >= 0.6 is 0 Å². The summed E-state index contributed by atoms with van der Waals surface area (Å²) in [5, 5.41) is 8.74. The molecule has 0 aliphatic carbocycles. The van der Waals surface area contributed by atoms with Crippen LogP contribution in [0.4, 0.5) is 21.9 Å². The first-order valence-electron chi connectivity index (χ1n) is 12.5. The molecule has 1 fully saturated rings. The summed E-state index contributed by atoms with van der Waals surface area (Å²) in [6, 6.07) is 12.3. The molecule has 0 saturated carbocycles. The summed E-state index contributed by atoms with van der Waals surface area (Å²) in [6.07, 6.45) is 2.21. The fourth-order valence-corrected chi connectivity index (χ4v) is 4.25. The Morgan fingerprint density at radius 3 is 2.26 bits per heavy atom. The Morgan fingerprint density at radius 1 is 1.00 bits per heavy atom. The molecule has 2 aromatic carbocycles. The summed E-state index contributed by atoms with van der Waals surface area (Å²) in [5.41, 5.74) is 2.72. The van der Waals surface area contributed by atoms with Gasteiger partial charge in [0.1, 0.15) is 5.75 Å². The van der Waals surface area contributed by atoms with Gasteiger partial charge in [0, 0.05) is 43.2 Å². The van der Waals surface area contributed by atoms with Crippen molar-refractivity contribution in [2.24, 2.45) is 5.92 Å². The summed E-state index contributed by atoms with van der Waals surface area (Å²) >= 11 is 0. The Labute approximate surface area is 209 Å². The molecule has 2 aromatic rings. The van der Waals surface area contributed by atoms with Gasteiger partial charge in [0.15, 0.2) is 0 Å². The summed E-state index contributed by atoms with van der Waals surface area (Å²) in [5.74, 6) is 1.29. The number of nitrogens with one attached hydrogen (secondary N) is 3. The molecule has 8 nitrogen and oxygen atoms in total. The number of benzene rings is 2. The quantitative estimate of drug-likeness (QED) is 0.460. The van der Waals surface area contributed by atoms with Gasteiger partial charge < -0.3 is 30.5 Å². The number of amides is 3. The number of carbonyl (C=O) groups is 2. The number of ether oxygens (including phenoxy) is 1. The molecular weight excluding hydrogens is 442 g/mol. The lowest BCUT2D eigenvalue weighted by Crippen LogP contribution is -2.37. The highest BCUT2D eigenvalue weighted by Crippen LogP contribution is 2.29. The minimum atomic E-state index is -0.373. The van der Waals surface area contributed by atoms with Crippen molar-refractivity contribution >= 4 is 29.0 Å². The topological polar surface area (TPSA) is 85.9 Å². The maximum atomic E-state index is 13.2. The Kier molecular flexibility index (Phi) is 9.78. The number of methoxy groups -OCH3 is 1. The molecule has 3 amide bonds. The van der Waals surface area contributed by atoms with Crippen molar-refractivity contribution in [3.8, 4) is 5.75 Å². The van der Waals surface area contributed by atoms with E-state index in [1.165, 1.54) is 0 Å². The van der Waals surface area contributed by atoms with E-state index in [1.54, 1.807) is 37.4 Å². The van der Waals surface area contributed by atoms with Gasteiger partial charge in [0.25, 0.3) is 5.91 Å². The standard InChI is InChI=1S/C27H39N5O3/c1-5-31(6-2)18-15-28-26(33)24-19-22(9-12-25(24)32-16-13-20(3)14-17-32)30-27(34)29-21-7-10-23(35-4)11-8-21/h7-12,19-20H,5-6,13-18H2,1-4H3,(H,28,33)(H2,29,30,34). The molecular formula is C27H39N5O3. The lowest BCUT2D eigenvalue weighted by Gasteiger charge is -2.33. The zero-order valence-electron chi connectivity index (χ0n) is 21.4. The van der Waals surface area contributed by atoms with Gasteiger partial charge in [-0.15, -0.1) is 0 Å². The van der Waals surface area contributed by atoms with E-state index in [-0.39, 0.29) is 11.9 Å². The van der Waals surface area contributed by atoms with E-state index in [0.29, 0.717) is 29.4 Å². The second-order valence-corrected chi connectivity index (χ2v) is 8.99. The van der Waals surface area contributed by atoms with Gasteiger partial charge in [0.05, 0.1) is 12.7 Å². The molecule has 0 spiro atoms. The van der Waals surface area contributed by atoms with Crippen molar-refractivity contribution in [1.29, 1.82) is 0 Å². The van der Waals surface area contributed by atoms with Crippen molar-refractivity contribution in [2.75, 3.05) is 61.9 Å². The number of hydrogen-bond acceptors (Lipinski definition) is 5. The van der Waals surface area contributed by atoms with Crippen molar-refractivity contribution in [3.63, 3.8) is 0 Å². The number of anilines is 3. The van der Waals surface area contributed by atoms with E-state index in [0.717, 1.165) is 57.0 Å². The molecule has 0 bridgehead atoms. The molecule has 1 saturated heterocycles. The molecule has 3 rings (SSSR count). The monoisotopic (exact) mass is 481 g/mol. The molecule has 0 radical (unpaired) electrons. The second kappa shape index (κ2) is 13.0. The van der Waals surface area contributed by atoms with Crippen molar-refractivity contribution in [2.45, 2.75) is 33.6 Å². The third-order valence-corrected chi connectivity index (χ3v) is 6.58. The summed E-state index contributed by atoms with van der Waals surface area (Å²) in [4.78, 5) is 30.4. The first-order valence-corrected chi connectivity index (χ1v) is 12.5. The summed E-state index contributed by atoms with van der Waals surface area (Å²) in [6.45, 7) is 11.6. The van der Waals surface area contributed by atoms with E-state index >= 15 is 0 Å². The van der Waals surface area contributed by atoms with E-state index in [9.17, 15) is 9.59 Å². The van der Waals surface area contributed by atoms with Crippen LogP contribution in [0.2, 0.25) is 0 Å². The van der Waals surface area contributed by atoms with Gasteiger partial charge in [0.2, 0.25) is 0 Å². The highest BCUT2D eigenvalue weighted by atomic mass is 16.5. The second-order valence-electron chi connectivity index (χ2n) is 8.99. The van der Waals surface area contributed by atoms with Crippen molar-refractivity contribution in [3.05, 3.63) is 48.0 Å². The van der Waals surface area contributed by atoms with Crippen LogP contribution in [0.5, 0.6) is 5.75 Å². The van der Waals surface area contributed by atoms with Crippen LogP contribution in [-0.4, -0.2) is 63.2 Å². The number of carbonyl (C=O) groups excluding carboxylic acids is 2. The van der Waals surface area contributed by atoms with Crippen LogP contribution < -0.4 is 25.6 Å². The van der Waals surface area contributed by atoms with Crippen LogP contribution in [0, 0.1) is 5.92 Å². The lowest BCUT2D eigenvalue weighted by atomic mass is 9.98. The first kappa shape index (κ1) is 26.3. The molecule has 0 unspecified atom stereocenters. The minimum Gasteiger partial charge on any atom is -0.497 e. The van der Waals surface area contributed by atoms with E-state index in [2.05, 4.69) is 46.5 Å². The smallest absolute Gasteiger partial charge is 0.323 e. The molecule has 8 heteroatoms. The maximum Gasteiger partial charge on any atom is 0.323 e. The Morgan fingerprint density at radius 2 is 1.63 bits per heavy atom. The third kappa shape index (κ3) is 7.62. The average molecular weight is 482 g/mol. The molecule has 1 heterocycles. The highest BCUT2D eigenvalue weighted by molar-refractivity contribution is 6.04. The van der Waals surface area contributed by atoms with E-state index in [4.69, 9.17) is 4.74 Å². The molecule has 1 aliphatic heterocycles. The van der Waals surface area contributed by atoms with Crippen LogP contribution in [-0.2, 0) is 0 Å². The minimum absolute atomic E-state index is 0.120. The van der Waals surface area contributed by atoms with E-state index in [1.807, 2.05) is 12.1 Å². The average Bonchev–Trinajstić information content (AvgIpc) is 2.87. The Hall–Kier alpha value is -3.26. The largest absolute Gasteiger partial charge is 0.497 e. The van der Waals surface area contributed by atoms with Crippen LogP contribution in [0.3, 0.4) is 0 Å². The molecule has 1 aliphatic rings. The zero-order valence-corrected chi connectivity index (χ0v) is 21.4. The number of urea groups is 1. The fourth-order valence-electron chi connectivity index (χ4n) is 4.25. The van der Waals surface area contributed by atoms with Gasteiger partial charge in [-0.3, -0.25) is 4.79 Å². The highest BCUT2D eigenvalue weighted by Gasteiger charge is 2.22. The SMILES string of the molecule is CCN(CC)CCNC(=O)c1cc(NC(=O)Nc2ccc(OC)cc2)ccc1N1CCC(C)CC1. The van der Waals surface area contributed by atoms with Crippen LogP contribution in [0.25, 0.3) is 0 Å². The predicted octanol–water partition coefficient (Wildman–Crippen LogP) is 4.65. The third-order valence-electron chi connectivity index (χ3n) is 6.58. The number of piperidine rings is 1. The van der Waals surface area contributed by atoms with Gasteiger partial charge in [-0.25, -0.2) is 4.79 Å². The van der Waals surface area contributed by atoms with Gasteiger partial charge in [-0.2, -0.15) is 0 Å². The fraction of sp³-hybridized carbons (Fsp3) is 0.481.